The van der Waals surface area contributed by atoms with Gasteiger partial charge >= 0.3 is 12.1 Å². The van der Waals surface area contributed by atoms with Gasteiger partial charge in [0.15, 0.2) is 5.82 Å². The highest BCUT2D eigenvalue weighted by Crippen LogP contribution is 2.24. The van der Waals surface area contributed by atoms with Crippen molar-refractivity contribution in [2.45, 2.75) is 32.5 Å². The number of ether oxygens (including phenoxy) is 1. The largest absolute Gasteiger partial charge is 0.453 e. The summed E-state index contributed by atoms with van der Waals surface area (Å²) < 4.78 is 19.9. The van der Waals surface area contributed by atoms with Crippen LogP contribution in [0, 0.1) is 5.82 Å². The molecule has 2 aromatic rings. The molecule has 3 rings (SSSR count). The maximum absolute atomic E-state index is 15.1. The summed E-state index contributed by atoms with van der Waals surface area (Å²) in [5.74, 6) is -0.478. The second kappa shape index (κ2) is 9.53. The van der Waals surface area contributed by atoms with Crippen LogP contribution in [0.1, 0.15) is 19.4 Å². The van der Waals surface area contributed by atoms with Crippen LogP contribution in [0.15, 0.2) is 42.7 Å². The zero-order valence-corrected chi connectivity index (χ0v) is 17.3. The van der Waals surface area contributed by atoms with Crippen molar-refractivity contribution in [3.63, 3.8) is 0 Å². The Morgan fingerprint density at radius 2 is 1.90 bits per heavy atom. The number of benzene rings is 1. The standard InChI is InChI=1S/C21H26FN5O3/c1-14-11-26(21(29)30-3)12-15(2)27(14)13-16-6-4-8-18(19(16)22)25-20(28)24-17-7-5-9-23-10-17/h4-10,14-15H,11-13H2,1-3H3,(H2,24,25,28)/t14-,15+. The Balaban J connectivity index is 1.67. The first-order chi connectivity index (χ1) is 14.4. The normalized spacial score (nSPS) is 19.3. The fourth-order valence-electron chi connectivity index (χ4n) is 3.66. The second-order valence-corrected chi connectivity index (χ2v) is 7.34. The van der Waals surface area contributed by atoms with Crippen molar-refractivity contribution in [2.24, 2.45) is 0 Å². The molecule has 2 atom stereocenters. The maximum Gasteiger partial charge on any atom is 0.409 e. The van der Waals surface area contributed by atoms with Crippen LogP contribution >= 0.6 is 0 Å². The molecule has 1 aliphatic heterocycles. The fraction of sp³-hybridized carbons (Fsp3) is 0.381. The molecule has 3 amide bonds. The van der Waals surface area contributed by atoms with Crippen LogP contribution in [0.3, 0.4) is 0 Å². The average molecular weight is 415 g/mol. The lowest BCUT2D eigenvalue weighted by Gasteiger charge is -2.43. The molecule has 2 heterocycles. The quantitative estimate of drug-likeness (QED) is 0.798. The third-order valence-corrected chi connectivity index (χ3v) is 5.13. The summed E-state index contributed by atoms with van der Waals surface area (Å²) in [5, 5.41) is 5.16. The Morgan fingerprint density at radius 3 is 2.53 bits per heavy atom. The summed E-state index contributed by atoms with van der Waals surface area (Å²) in [6, 6.07) is 7.81. The van der Waals surface area contributed by atoms with E-state index in [-0.39, 0.29) is 23.9 Å². The van der Waals surface area contributed by atoms with Gasteiger partial charge in [-0.2, -0.15) is 0 Å². The molecule has 1 fully saturated rings. The summed E-state index contributed by atoms with van der Waals surface area (Å²) in [7, 11) is 1.36. The highest BCUT2D eigenvalue weighted by atomic mass is 19.1. The minimum absolute atomic E-state index is 0.0257. The van der Waals surface area contributed by atoms with E-state index in [1.165, 1.54) is 19.4 Å². The molecular weight excluding hydrogens is 389 g/mol. The van der Waals surface area contributed by atoms with Crippen molar-refractivity contribution in [2.75, 3.05) is 30.8 Å². The van der Waals surface area contributed by atoms with E-state index in [9.17, 15) is 9.59 Å². The van der Waals surface area contributed by atoms with Crippen molar-refractivity contribution in [3.05, 3.63) is 54.1 Å². The van der Waals surface area contributed by atoms with Crippen molar-refractivity contribution >= 4 is 23.5 Å². The topological polar surface area (TPSA) is 86.8 Å². The number of urea groups is 1. The Labute approximate surface area is 175 Å². The van der Waals surface area contributed by atoms with Crippen molar-refractivity contribution in [3.8, 4) is 0 Å². The number of halogens is 1. The van der Waals surface area contributed by atoms with Crippen LogP contribution in [0.4, 0.5) is 25.4 Å². The van der Waals surface area contributed by atoms with Gasteiger partial charge in [0.25, 0.3) is 0 Å². The number of pyridine rings is 1. The number of amides is 3. The summed E-state index contributed by atoms with van der Waals surface area (Å²) in [6.45, 7) is 5.36. The molecule has 1 saturated heterocycles. The Kier molecular flexibility index (Phi) is 6.83. The van der Waals surface area contributed by atoms with E-state index in [2.05, 4.69) is 20.5 Å². The van der Waals surface area contributed by atoms with Gasteiger partial charge in [-0.15, -0.1) is 0 Å². The Bertz CT molecular complexity index is 883. The number of carbonyl (C=O) groups is 2. The van der Waals surface area contributed by atoms with Crippen molar-refractivity contribution in [1.82, 2.24) is 14.8 Å². The van der Waals surface area contributed by atoms with Gasteiger partial charge in [0.1, 0.15) is 0 Å². The molecule has 9 heteroatoms. The monoisotopic (exact) mass is 415 g/mol. The van der Waals surface area contributed by atoms with Crippen molar-refractivity contribution < 1.29 is 18.7 Å². The number of hydrogen-bond acceptors (Lipinski definition) is 5. The van der Waals surface area contributed by atoms with E-state index < -0.39 is 11.8 Å². The molecule has 8 nitrogen and oxygen atoms in total. The predicted molar refractivity (Wildman–Crippen MR) is 112 cm³/mol. The van der Waals surface area contributed by atoms with E-state index in [1.54, 1.807) is 35.4 Å². The number of nitrogens with one attached hydrogen (secondary N) is 2. The summed E-state index contributed by atoms with van der Waals surface area (Å²) in [6.07, 6.45) is 2.74. The van der Waals surface area contributed by atoms with Crippen LogP contribution in [0.25, 0.3) is 0 Å². The molecule has 0 spiro atoms. The number of rotatable bonds is 4. The van der Waals surface area contributed by atoms with Gasteiger partial charge in [0, 0.05) is 43.5 Å². The molecule has 1 aromatic heterocycles. The average Bonchev–Trinajstić information content (AvgIpc) is 2.73. The minimum Gasteiger partial charge on any atom is -0.453 e. The van der Waals surface area contributed by atoms with Crippen LogP contribution in [0.2, 0.25) is 0 Å². The van der Waals surface area contributed by atoms with Gasteiger partial charge < -0.3 is 20.3 Å². The van der Waals surface area contributed by atoms with Gasteiger partial charge in [-0.25, -0.2) is 14.0 Å². The molecule has 2 N–H and O–H groups in total. The molecular formula is C21H26FN5O3. The molecule has 0 bridgehead atoms. The fourth-order valence-corrected chi connectivity index (χ4v) is 3.66. The number of piperazine rings is 1. The zero-order valence-electron chi connectivity index (χ0n) is 17.3. The van der Waals surface area contributed by atoms with E-state index >= 15 is 4.39 Å². The first-order valence-electron chi connectivity index (χ1n) is 9.73. The zero-order chi connectivity index (χ0) is 21.7. The van der Waals surface area contributed by atoms with Crippen molar-refractivity contribution in [1.29, 1.82) is 0 Å². The van der Waals surface area contributed by atoms with E-state index in [0.717, 1.165) is 0 Å². The lowest BCUT2D eigenvalue weighted by molar-refractivity contribution is 0.0287. The van der Waals surface area contributed by atoms with Gasteiger partial charge in [0.2, 0.25) is 0 Å². The molecule has 1 aromatic carbocycles. The number of anilines is 2. The number of hydrogen-bond donors (Lipinski definition) is 2. The highest BCUT2D eigenvalue weighted by molar-refractivity contribution is 5.99. The number of aromatic nitrogens is 1. The molecule has 30 heavy (non-hydrogen) atoms. The first-order valence-corrected chi connectivity index (χ1v) is 9.73. The van der Waals surface area contributed by atoms with E-state index in [4.69, 9.17) is 4.74 Å². The van der Waals surface area contributed by atoms with Gasteiger partial charge in [0.05, 0.1) is 24.7 Å². The lowest BCUT2D eigenvalue weighted by atomic mass is 10.1. The summed E-state index contributed by atoms with van der Waals surface area (Å²) >= 11 is 0. The number of methoxy groups -OCH3 is 1. The second-order valence-electron chi connectivity index (χ2n) is 7.34. The molecule has 0 saturated carbocycles. The van der Waals surface area contributed by atoms with E-state index in [0.29, 0.717) is 30.9 Å². The lowest BCUT2D eigenvalue weighted by Crippen LogP contribution is -2.57. The highest BCUT2D eigenvalue weighted by Gasteiger charge is 2.32. The summed E-state index contributed by atoms with van der Waals surface area (Å²) in [4.78, 5) is 31.7. The molecule has 0 unspecified atom stereocenters. The number of nitrogens with zero attached hydrogens (tertiary/aromatic N) is 3. The van der Waals surface area contributed by atoms with Gasteiger partial charge in [-0.1, -0.05) is 12.1 Å². The van der Waals surface area contributed by atoms with Gasteiger partial charge in [-0.3, -0.25) is 9.88 Å². The Hall–Kier alpha value is -3.20. The third kappa shape index (κ3) is 5.04. The Morgan fingerprint density at radius 1 is 1.17 bits per heavy atom. The molecule has 1 aliphatic rings. The minimum atomic E-state index is -0.549. The SMILES string of the molecule is COC(=O)N1C[C@@H](C)N(Cc2cccc(NC(=O)Nc3cccnc3)c2F)[C@@H](C)C1. The first kappa shape index (κ1) is 21.5. The third-order valence-electron chi connectivity index (χ3n) is 5.13. The molecule has 0 aliphatic carbocycles. The van der Waals surface area contributed by atoms with Crippen LogP contribution in [-0.2, 0) is 11.3 Å². The van der Waals surface area contributed by atoms with E-state index in [1.807, 2.05) is 13.8 Å². The number of carbonyl (C=O) groups excluding carboxylic acids is 2. The van der Waals surface area contributed by atoms with Crippen LogP contribution < -0.4 is 10.6 Å². The molecule has 160 valence electrons. The van der Waals surface area contributed by atoms with Gasteiger partial charge in [-0.05, 0) is 32.0 Å². The maximum atomic E-state index is 15.1. The smallest absolute Gasteiger partial charge is 0.409 e. The molecule has 0 radical (unpaired) electrons. The van der Waals surface area contributed by atoms with Crippen LogP contribution in [0.5, 0.6) is 0 Å². The summed E-state index contributed by atoms with van der Waals surface area (Å²) in [5.41, 5.74) is 1.08. The van der Waals surface area contributed by atoms with Crippen LogP contribution in [-0.4, -0.2) is 59.2 Å². The predicted octanol–water partition coefficient (Wildman–Crippen LogP) is 3.53.